The second-order valence-corrected chi connectivity index (χ2v) is 2.83. The molecule has 0 saturated heterocycles. The van der Waals surface area contributed by atoms with Crippen LogP contribution in [0.25, 0.3) is 0 Å². The van der Waals surface area contributed by atoms with Gasteiger partial charge in [-0.15, -0.1) is 0 Å². The smallest absolute Gasteiger partial charge is 0.234 e. The molecule has 0 bridgehead atoms. The molecular weight excluding hydrogens is 154 g/mol. The lowest BCUT2D eigenvalue weighted by Crippen LogP contribution is -2.35. The van der Waals surface area contributed by atoms with E-state index in [0.717, 1.165) is 13.0 Å². The zero-order valence-electron chi connectivity index (χ0n) is 7.97. The second-order valence-electron chi connectivity index (χ2n) is 2.83. The van der Waals surface area contributed by atoms with Gasteiger partial charge in [-0.3, -0.25) is 9.69 Å². The first-order valence-corrected chi connectivity index (χ1v) is 4.36. The largest absolute Gasteiger partial charge is 0.355 e. The van der Waals surface area contributed by atoms with Crippen LogP contribution >= 0.6 is 0 Å². The Bertz CT molecular complexity index is 127. The third-order valence-electron chi connectivity index (χ3n) is 1.53. The summed E-state index contributed by atoms with van der Waals surface area (Å²) in [5.74, 6) is 0.0806. The van der Waals surface area contributed by atoms with Crippen molar-refractivity contribution in [3.05, 3.63) is 0 Å². The van der Waals surface area contributed by atoms with E-state index in [4.69, 9.17) is 5.73 Å². The van der Waals surface area contributed by atoms with E-state index < -0.39 is 0 Å². The van der Waals surface area contributed by atoms with Crippen molar-refractivity contribution in [3.8, 4) is 0 Å². The number of nitrogens with two attached hydrogens (primary N) is 1. The van der Waals surface area contributed by atoms with Crippen molar-refractivity contribution >= 4 is 5.91 Å². The van der Waals surface area contributed by atoms with Gasteiger partial charge >= 0.3 is 0 Å². The molecule has 0 radical (unpaired) electrons. The number of nitrogens with one attached hydrogen (secondary N) is 1. The summed E-state index contributed by atoms with van der Waals surface area (Å²) in [4.78, 5) is 13.0. The lowest BCUT2D eigenvalue weighted by atomic mass is 10.4. The van der Waals surface area contributed by atoms with Crippen LogP contribution in [0.4, 0.5) is 0 Å². The maximum Gasteiger partial charge on any atom is 0.234 e. The highest BCUT2D eigenvalue weighted by molar-refractivity contribution is 5.77. The first-order chi connectivity index (χ1) is 5.70. The van der Waals surface area contributed by atoms with Gasteiger partial charge in [0.15, 0.2) is 0 Å². The van der Waals surface area contributed by atoms with Crippen LogP contribution in [0.1, 0.15) is 13.3 Å². The predicted octanol–water partition coefficient (Wildman–Crippen LogP) is -0.597. The molecule has 0 aliphatic heterocycles. The molecule has 0 fully saturated rings. The van der Waals surface area contributed by atoms with Crippen LogP contribution in [0.5, 0.6) is 0 Å². The SMILES string of the molecule is CCNC(=O)CN(C)CCCN. The molecule has 72 valence electrons. The molecule has 1 amide bonds. The lowest BCUT2D eigenvalue weighted by molar-refractivity contribution is -0.121. The Balaban J connectivity index is 3.40. The van der Waals surface area contributed by atoms with Gasteiger partial charge in [0.2, 0.25) is 5.91 Å². The van der Waals surface area contributed by atoms with Gasteiger partial charge < -0.3 is 11.1 Å². The molecule has 0 unspecified atom stereocenters. The average molecular weight is 173 g/mol. The molecule has 0 aromatic carbocycles. The summed E-state index contributed by atoms with van der Waals surface area (Å²) in [5, 5.41) is 2.74. The summed E-state index contributed by atoms with van der Waals surface area (Å²) < 4.78 is 0. The minimum absolute atomic E-state index is 0.0806. The van der Waals surface area contributed by atoms with Gasteiger partial charge in [-0.25, -0.2) is 0 Å². The van der Waals surface area contributed by atoms with Gasteiger partial charge in [-0.2, -0.15) is 0 Å². The van der Waals surface area contributed by atoms with Gasteiger partial charge in [-0.05, 0) is 33.5 Å². The summed E-state index contributed by atoms with van der Waals surface area (Å²) in [6.07, 6.45) is 0.940. The number of likely N-dealkylation sites (N-methyl/N-ethyl adjacent to an activating group) is 2. The fourth-order valence-corrected chi connectivity index (χ4v) is 0.938. The summed E-state index contributed by atoms with van der Waals surface area (Å²) in [6.45, 7) is 4.64. The third-order valence-corrected chi connectivity index (χ3v) is 1.53. The summed E-state index contributed by atoms with van der Waals surface area (Å²) in [5.41, 5.74) is 5.34. The highest BCUT2D eigenvalue weighted by Gasteiger charge is 2.03. The monoisotopic (exact) mass is 173 g/mol. The molecule has 0 aliphatic carbocycles. The fourth-order valence-electron chi connectivity index (χ4n) is 0.938. The van der Waals surface area contributed by atoms with E-state index in [2.05, 4.69) is 5.32 Å². The molecule has 0 saturated carbocycles. The maximum atomic E-state index is 11.0. The molecule has 0 heterocycles. The predicted molar refractivity (Wildman–Crippen MR) is 49.9 cm³/mol. The van der Waals surface area contributed by atoms with Crippen LogP contribution in [0, 0.1) is 0 Å². The van der Waals surface area contributed by atoms with E-state index in [1.807, 2.05) is 18.9 Å². The maximum absolute atomic E-state index is 11.0. The highest BCUT2D eigenvalue weighted by Crippen LogP contribution is 1.84. The van der Waals surface area contributed by atoms with Gasteiger partial charge in [0.1, 0.15) is 0 Å². The molecule has 0 aromatic heterocycles. The molecule has 4 nitrogen and oxygen atoms in total. The number of amides is 1. The van der Waals surface area contributed by atoms with Gasteiger partial charge in [0.05, 0.1) is 6.54 Å². The van der Waals surface area contributed by atoms with Crippen LogP contribution in [0.2, 0.25) is 0 Å². The van der Waals surface area contributed by atoms with E-state index >= 15 is 0 Å². The first kappa shape index (κ1) is 11.4. The molecule has 0 spiro atoms. The van der Waals surface area contributed by atoms with Crippen LogP contribution < -0.4 is 11.1 Å². The Labute approximate surface area is 74.1 Å². The van der Waals surface area contributed by atoms with E-state index in [1.165, 1.54) is 0 Å². The molecular formula is C8H19N3O. The zero-order valence-corrected chi connectivity index (χ0v) is 7.97. The second kappa shape index (κ2) is 7.06. The minimum Gasteiger partial charge on any atom is -0.355 e. The average Bonchev–Trinajstić information content (AvgIpc) is 2.01. The van der Waals surface area contributed by atoms with Crippen molar-refractivity contribution in [1.82, 2.24) is 10.2 Å². The third kappa shape index (κ3) is 6.12. The molecule has 0 aliphatic rings. The standard InChI is InChI=1S/C8H19N3O/c1-3-10-8(12)7-11(2)6-4-5-9/h3-7,9H2,1-2H3,(H,10,12). The van der Waals surface area contributed by atoms with Crippen molar-refractivity contribution in [2.75, 3.05) is 33.2 Å². The normalized spacial score (nSPS) is 10.3. The zero-order chi connectivity index (χ0) is 9.40. The van der Waals surface area contributed by atoms with Crippen LogP contribution in [-0.2, 0) is 4.79 Å². The summed E-state index contributed by atoms with van der Waals surface area (Å²) in [6, 6.07) is 0. The molecule has 0 aromatic rings. The van der Waals surface area contributed by atoms with Crippen molar-refractivity contribution in [1.29, 1.82) is 0 Å². The quantitative estimate of drug-likeness (QED) is 0.564. The highest BCUT2D eigenvalue weighted by atomic mass is 16.1. The molecule has 4 heteroatoms. The van der Waals surface area contributed by atoms with E-state index in [-0.39, 0.29) is 5.91 Å². The van der Waals surface area contributed by atoms with E-state index in [1.54, 1.807) is 0 Å². The summed E-state index contributed by atoms with van der Waals surface area (Å²) in [7, 11) is 1.92. The number of hydrogen-bond donors (Lipinski definition) is 2. The summed E-state index contributed by atoms with van der Waals surface area (Å²) >= 11 is 0. The molecule has 3 N–H and O–H groups in total. The van der Waals surface area contributed by atoms with Crippen molar-refractivity contribution in [2.24, 2.45) is 5.73 Å². The lowest BCUT2D eigenvalue weighted by Gasteiger charge is -2.14. The topological polar surface area (TPSA) is 58.4 Å². The Morgan fingerprint density at radius 2 is 2.25 bits per heavy atom. The van der Waals surface area contributed by atoms with Gasteiger partial charge in [0.25, 0.3) is 0 Å². The van der Waals surface area contributed by atoms with Gasteiger partial charge in [-0.1, -0.05) is 0 Å². The van der Waals surface area contributed by atoms with E-state index in [0.29, 0.717) is 19.6 Å². The van der Waals surface area contributed by atoms with Crippen LogP contribution in [-0.4, -0.2) is 44.0 Å². The van der Waals surface area contributed by atoms with Crippen LogP contribution in [0.3, 0.4) is 0 Å². The number of nitrogens with zero attached hydrogens (tertiary/aromatic N) is 1. The first-order valence-electron chi connectivity index (χ1n) is 4.36. The van der Waals surface area contributed by atoms with E-state index in [9.17, 15) is 4.79 Å². The van der Waals surface area contributed by atoms with Crippen LogP contribution in [0.15, 0.2) is 0 Å². The Kier molecular flexibility index (Phi) is 6.70. The van der Waals surface area contributed by atoms with Crippen molar-refractivity contribution in [2.45, 2.75) is 13.3 Å². The molecule has 0 atom stereocenters. The number of hydrogen-bond acceptors (Lipinski definition) is 3. The fraction of sp³-hybridized carbons (Fsp3) is 0.875. The number of carbonyl (C=O) groups is 1. The Morgan fingerprint density at radius 3 is 2.75 bits per heavy atom. The van der Waals surface area contributed by atoms with Crippen molar-refractivity contribution < 1.29 is 4.79 Å². The Morgan fingerprint density at radius 1 is 1.58 bits per heavy atom. The Hall–Kier alpha value is -0.610. The molecule has 12 heavy (non-hydrogen) atoms. The van der Waals surface area contributed by atoms with Crippen molar-refractivity contribution in [3.63, 3.8) is 0 Å². The minimum atomic E-state index is 0.0806. The number of rotatable bonds is 6. The molecule has 0 rings (SSSR count). The van der Waals surface area contributed by atoms with Gasteiger partial charge in [0, 0.05) is 6.54 Å². The number of carbonyl (C=O) groups excluding carboxylic acids is 1.